The number of aromatic nitrogens is 2. The van der Waals surface area contributed by atoms with Crippen LogP contribution in [0.2, 0.25) is 0 Å². The summed E-state index contributed by atoms with van der Waals surface area (Å²) in [5.74, 6) is -0.273. The van der Waals surface area contributed by atoms with Crippen LogP contribution < -0.4 is 5.32 Å². The molecule has 0 fully saturated rings. The number of amides is 1. The number of carbonyl (C=O) groups is 1. The molecule has 5 nitrogen and oxygen atoms in total. The molecule has 88 valence electrons. The van der Waals surface area contributed by atoms with Gasteiger partial charge in [-0.3, -0.25) is 14.8 Å². The number of hydrogen-bond acceptors (Lipinski definition) is 4. The highest BCUT2D eigenvalue weighted by molar-refractivity contribution is 5.94. The molecule has 1 amide bonds. The summed E-state index contributed by atoms with van der Waals surface area (Å²) in [5.41, 5.74) is 1.50. The first-order valence-corrected chi connectivity index (χ1v) is 5.33. The molecule has 0 bridgehead atoms. The molecule has 18 heavy (non-hydrogen) atoms. The zero-order valence-corrected chi connectivity index (χ0v) is 9.50. The molecule has 2 heterocycles. The molecule has 2 rings (SSSR count). The number of nitrogens with one attached hydrogen (secondary N) is 1. The smallest absolute Gasteiger partial charge is 0.253 e. The van der Waals surface area contributed by atoms with Gasteiger partial charge in [-0.15, -0.1) is 0 Å². The van der Waals surface area contributed by atoms with Crippen molar-refractivity contribution in [2.45, 2.75) is 6.54 Å². The molecule has 1 N–H and O–H groups in total. The van der Waals surface area contributed by atoms with Crippen LogP contribution in [0.1, 0.15) is 21.6 Å². The van der Waals surface area contributed by atoms with Crippen molar-refractivity contribution < 1.29 is 4.79 Å². The first-order valence-electron chi connectivity index (χ1n) is 5.33. The van der Waals surface area contributed by atoms with E-state index in [1.165, 1.54) is 18.5 Å². The monoisotopic (exact) mass is 238 g/mol. The van der Waals surface area contributed by atoms with Gasteiger partial charge in [0.2, 0.25) is 0 Å². The largest absolute Gasteiger partial charge is 0.346 e. The van der Waals surface area contributed by atoms with Crippen LogP contribution in [0, 0.1) is 11.3 Å². The van der Waals surface area contributed by atoms with Crippen LogP contribution in [0.5, 0.6) is 0 Å². The Hall–Kier alpha value is -2.74. The maximum atomic E-state index is 11.8. The fourth-order valence-electron chi connectivity index (χ4n) is 1.40. The molecule has 0 saturated carbocycles. The van der Waals surface area contributed by atoms with Crippen LogP contribution in [-0.4, -0.2) is 15.9 Å². The number of rotatable bonds is 3. The molecule has 0 aliphatic carbocycles. The molecule has 0 aromatic carbocycles. The summed E-state index contributed by atoms with van der Waals surface area (Å²) in [6.07, 6.45) is 4.50. The van der Waals surface area contributed by atoms with Gasteiger partial charge in [-0.25, -0.2) is 0 Å². The number of hydrogen-bond donors (Lipinski definition) is 1. The van der Waals surface area contributed by atoms with Crippen LogP contribution in [0.25, 0.3) is 0 Å². The zero-order chi connectivity index (χ0) is 12.8. The minimum absolute atomic E-state index is 0.273. The maximum absolute atomic E-state index is 11.8. The standard InChI is InChI=1S/C13H10N4O/c14-6-10-5-11(8-15-7-10)13(18)17-9-12-3-1-2-4-16-12/h1-5,7-8H,9H2,(H,17,18). The summed E-state index contributed by atoms with van der Waals surface area (Å²) in [6, 6.07) is 8.93. The lowest BCUT2D eigenvalue weighted by atomic mass is 10.2. The molecular formula is C13H10N4O. The number of nitrogens with zero attached hydrogens (tertiary/aromatic N) is 3. The Kier molecular flexibility index (Phi) is 3.62. The van der Waals surface area contributed by atoms with Gasteiger partial charge < -0.3 is 5.32 Å². The Morgan fingerprint density at radius 2 is 2.28 bits per heavy atom. The average molecular weight is 238 g/mol. The van der Waals surface area contributed by atoms with E-state index in [1.807, 2.05) is 24.3 Å². The van der Waals surface area contributed by atoms with Gasteiger partial charge in [-0.2, -0.15) is 5.26 Å². The van der Waals surface area contributed by atoms with Gasteiger partial charge in [0.05, 0.1) is 23.4 Å². The van der Waals surface area contributed by atoms with Crippen molar-refractivity contribution in [1.29, 1.82) is 5.26 Å². The Morgan fingerprint density at radius 3 is 3.00 bits per heavy atom. The molecule has 0 unspecified atom stereocenters. The van der Waals surface area contributed by atoms with Gasteiger partial charge in [-0.1, -0.05) is 6.07 Å². The van der Waals surface area contributed by atoms with Gasteiger partial charge in [0.15, 0.2) is 0 Å². The average Bonchev–Trinajstić information content (AvgIpc) is 2.46. The predicted molar refractivity (Wildman–Crippen MR) is 64.4 cm³/mol. The minimum atomic E-state index is -0.273. The summed E-state index contributed by atoms with van der Waals surface area (Å²) in [7, 11) is 0. The third kappa shape index (κ3) is 2.89. The summed E-state index contributed by atoms with van der Waals surface area (Å²) >= 11 is 0. The van der Waals surface area contributed by atoms with Crippen LogP contribution >= 0.6 is 0 Å². The normalized spacial score (nSPS) is 9.50. The molecular weight excluding hydrogens is 228 g/mol. The third-order valence-electron chi connectivity index (χ3n) is 2.29. The van der Waals surface area contributed by atoms with E-state index in [1.54, 1.807) is 6.20 Å². The number of carbonyl (C=O) groups excluding carboxylic acids is 1. The highest BCUT2D eigenvalue weighted by atomic mass is 16.1. The summed E-state index contributed by atoms with van der Waals surface area (Å²) in [6.45, 7) is 0.344. The lowest BCUT2D eigenvalue weighted by Crippen LogP contribution is -2.23. The van der Waals surface area contributed by atoms with E-state index < -0.39 is 0 Å². The van der Waals surface area contributed by atoms with Crippen molar-refractivity contribution in [1.82, 2.24) is 15.3 Å². The van der Waals surface area contributed by atoms with Gasteiger partial charge in [-0.05, 0) is 18.2 Å². The lowest BCUT2D eigenvalue weighted by molar-refractivity contribution is 0.0950. The highest BCUT2D eigenvalue weighted by Crippen LogP contribution is 2.02. The quantitative estimate of drug-likeness (QED) is 0.873. The SMILES string of the molecule is N#Cc1cncc(C(=O)NCc2ccccn2)c1. The van der Waals surface area contributed by atoms with E-state index in [-0.39, 0.29) is 5.91 Å². The van der Waals surface area contributed by atoms with E-state index >= 15 is 0 Å². The van der Waals surface area contributed by atoms with E-state index in [0.717, 1.165) is 5.69 Å². The molecule has 0 spiro atoms. The second-order valence-electron chi connectivity index (χ2n) is 3.58. The molecule has 0 atom stereocenters. The minimum Gasteiger partial charge on any atom is -0.346 e. The molecule has 0 saturated heterocycles. The molecule has 5 heteroatoms. The van der Waals surface area contributed by atoms with Crippen molar-refractivity contribution in [3.8, 4) is 6.07 Å². The second kappa shape index (κ2) is 5.55. The molecule has 0 aliphatic rings. The molecule has 2 aromatic rings. The molecule has 2 aromatic heterocycles. The molecule has 0 aliphatic heterocycles. The van der Waals surface area contributed by atoms with Crippen molar-refractivity contribution >= 4 is 5.91 Å². The van der Waals surface area contributed by atoms with Crippen molar-refractivity contribution in [2.75, 3.05) is 0 Å². The Morgan fingerprint density at radius 1 is 1.39 bits per heavy atom. The third-order valence-corrected chi connectivity index (χ3v) is 2.29. The van der Waals surface area contributed by atoms with Crippen molar-refractivity contribution in [3.63, 3.8) is 0 Å². The highest BCUT2D eigenvalue weighted by Gasteiger charge is 2.06. The van der Waals surface area contributed by atoms with Crippen molar-refractivity contribution in [2.24, 2.45) is 0 Å². The van der Waals surface area contributed by atoms with Crippen LogP contribution in [0.15, 0.2) is 42.9 Å². The van der Waals surface area contributed by atoms with E-state index in [9.17, 15) is 4.79 Å². The number of pyridine rings is 2. The summed E-state index contributed by atoms with van der Waals surface area (Å²) < 4.78 is 0. The molecule has 0 radical (unpaired) electrons. The van der Waals surface area contributed by atoms with Crippen molar-refractivity contribution in [3.05, 3.63) is 59.7 Å². The van der Waals surface area contributed by atoms with Crippen LogP contribution in [0.4, 0.5) is 0 Å². The first-order chi connectivity index (χ1) is 8.79. The summed E-state index contributed by atoms with van der Waals surface area (Å²) in [4.78, 5) is 19.7. The van der Waals surface area contributed by atoms with Gasteiger partial charge in [0, 0.05) is 18.6 Å². The Bertz CT molecular complexity index is 589. The topological polar surface area (TPSA) is 78.7 Å². The van der Waals surface area contributed by atoms with Gasteiger partial charge >= 0.3 is 0 Å². The van der Waals surface area contributed by atoms with E-state index in [0.29, 0.717) is 17.7 Å². The predicted octanol–water partition coefficient (Wildman–Crippen LogP) is 1.28. The van der Waals surface area contributed by atoms with Gasteiger partial charge in [0.25, 0.3) is 5.91 Å². The first kappa shape index (κ1) is 11.7. The van der Waals surface area contributed by atoms with E-state index in [2.05, 4.69) is 15.3 Å². The zero-order valence-electron chi connectivity index (χ0n) is 9.50. The number of nitriles is 1. The second-order valence-corrected chi connectivity index (χ2v) is 3.58. The lowest BCUT2D eigenvalue weighted by Gasteiger charge is -2.04. The maximum Gasteiger partial charge on any atom is 0.253 e. The Balaban J connectivity index is 2.02. The van der Waals surface area contributed by atoms with E-state index in [4.69, 9.17) is 5.26 Å². The Labute approximate surface area is 104 Å². The summed E-state index contributed by atoms with van der Waals surface area (Å²) in [5, 5.41) is 11.4. The van der Waals surface area contributed by atoms with Crippen LogP contribution in [0.3, 0.4) is 0 Å². The fourth-order valence-corrected chi connectivity index (χ4v) is 1.40. The van der Waals surface area contributed by atoms with Crippen LogP contribution in [-0.2, 0) is 6.54 Å². The fraction of sp³-hybridized carbons (Fsp3) is 0.0769. The van der Waals surface area contributed by atoms with Gasteiger partial charge in [0.1, 0.15) is 6.07 Å².